The molecule has 2 heterocycles. The number of aromatic nitrogens is 2. The third-order valence-corrected chi connectivity index (χ3v) is 4.49. The van der Waals surface area contributed by atoms with Gasteiger partial charge < -0.3 is 4.98 Å². The van der Waals surface area contributed by atoms with E-state index < -0.39 is 10.8 Å². The van der Waals surface area contributed by atoms with Gasteiger partial charge >= 0.3 is 0 Å². The van der Waals surface area contributed by atoms with Crippen LogP contribution in [0.5, 0.6) is 0 Å². The Morgan fingerprint density at radius 1 is 1.59 bits per heavy atom. The molecule has 0 radical (unpaired) electrons. The number of hydrogen-bond donors (Lipinski definition) is 1. The zero-order chi connectivity index (χ0) is 12.4. The predicted molar refractivity (Wildman–Crippen MR) is 74.8 cm³/mol. The van der Waals surface area contributed by atoms with Crippen LogP contribution in [0.25, 0.3) is 10.2 Å². The molecule has 17 heavy (non-hydrogen) atoms. The van der Waals surface area contributed by atoms with Gasteiger partial charge in [0, 0.05) is 29.4 Å². The van der Waals surface area contributed by atoms with Gasteiger partial charge in [-0.15, -0.1) is 11.3 Å². The predicted octanol–water partition coefficient (Wildman–Crippen LogP) is 1.89. The third kappa shape index (κ3) is 2.72. The van der Waals surface area contributed by atoms with Gasteiger partial charge in [-0.05, 0) is 30.1 Å². The van der Waals surface area contributed by atoms with Crippen molar-refractivity contribution in [1.82, 2.24) is 9.55 Å². The normalized spacial score (nSPS) is 13.0. The highest BCUT2D eigenvalue weighted by molar-refractivity contribution is 7.84. The van der Waals surface area contributed by atoms with Crippen LogP contribution in [-0.4, -0.2) is 25.8 Å². The average molecular weight is 288 g/mol. The molecular weight excluding hydrogens is 276 g/mol. The summed E-state index contributed by atoms with van der Waals surface area (Å²) in [5.41, 5.74) is 0.737. The minimum Gasteiger partial charge on any atom is -0.331 e. The number of hydrogen-bond acceptors (Lipinski definition) is 4. The second-order valence-corrected chi connectivity index (χ2v) is 6.54. The third-order valence-electron chi connectivity index (χ3n) is 2.40. The van der Waals surface area contributed by atoms with Gasteiger partial charge in [0.15, 0.2) is 4.77 Å². The van der Waals surface area contributed by atoms with Crippen LogP contribution in [0.1, 0.15) is 6.42 Å². The van der Waals surface area contributed by atoms with E-state index in [-0.39, 0.29) is 5.56 Å². The van der Waals surface area contributed by atoms with E-state index in [0.717, 1.165) is 5.52 Å². The quantitative estimate of drug-likeness (QED) is 0.874. The molecule has 2 aromatic heterocycles. The number of fused-ring (bicyclic) bond motifs is 1. The van der Waals surface area contributed by atoms with Crippen LogP contribution in [0.3, 0.4) is 0 Å². The molecule has 0 aliphatic carbocycles. The highest BCUT2D eigenvalue weighted by Gasteiger charge is 2.06. The van der Waals surface area contributed by atoms with E-state index in [1.165, 1.54) is 11.3 Å². The Morgan fingerprint density at radius 3 is 3.06 bits per heavy atom. The topological polar surface area (TPSA) is 54.9 Å². The van der Waals surface area contributed by atoms with Crippen molar-refractivity contribution in [2.24, 2.45) is 0 Å². The molecule has 7 heteroatoms. The van der Waals surface area contributed by atoms with E-state index in [0.29, 0.717) is 28.2 Å². The molecule has 0 aromatic carbocycles. The molecule has 0 aliphatic heterocycles. The maximum Gasteiger partial charge on any atom is 0.272 e. The van der Waals surface area contributed by atoms with Crippen molar-refractivity contribution in [3.05, 3.63) is 26.6 Å². The molecule has 2 aromatic rings. The van der Waals surface area contributed by atoms with E-state index in [4.69, 9.17) is 12.2 Å². The fraction of sp³-hybridized carbons (Fsp3) is 0.400. The highest BCUT2D eigenvalue weighted by atomic mass is 32.2. The Morgan fingerprint density at radius 2 is 2.35 bits per heavy atom. The molecule has 92 valence electrons. The largest absolute Gasteiger partial charge is 0.331 e. The van der Waals surface area contributed by atoms with Gasteiger partial charge in [-0.3, -0.25) is 13.6 Å². The van der Waals surface area contributed by atoms with Crippen molar-refractivity contribution < 1.29 is 4.21 Å². The van der Waals surface area contributed by atoms with Crippen LogP contribution in [0.15, 0.2) is 16.2 Å². The first-order valence-corrected chi connectivity index (χ1v) is 8.11. The average Bonchev–Trinajstić information content (AvgIpc) is 2.70. The Kier molecular flexibility index (Phi) is 3.90. The molecule has 0 spiro atoms. The highest BCUT2D eigenvalue weighted by Crippen LogP contribution is 2.13. The molecule has 2 rings (SSSR count). The van der Waals surface area contributed by atoms with Crippen molar-refractivity contribution in [1.29, 1.82) is 0 Å². The van der Waals surface area contributed by atoms with Crippen molar-refractivity contribution in [2.75, 3.05) is 12.0 Å². The Labute approximate surface area is 110 Å². The van der Waals surface area contributed by atoms with Crippen LogP contribution >= 0.6 is 23.6 Å². The number of thiophene rings is 1. The zero-order valence-electron chi connectivity index (χ0n) is 9.26. The molecule has 1 unspecified atom stereocenters. The fourth-order valence-electron chi connectivity index (χ4n) is 1.60. The molecule has 0 bridgehead atoms. The van der Waals surface area contributed by atoms with Gasteiger partial charge in [0.1, 0.15) is 4.70 Å². The Balaban J connectivity index is 2.36. The molecule has 4 nitrogen and oxygen atoms in total. The maximum atomic E-state index is 12.1. The van der Waals surface area contributed by atoms with Crippen LogP contribution in [-0.2, 0) is 17.3 Å². The summed E-state index contributed by atoms with van der Waals surface area (Å²) in [5, 5.41) is 1.86. The minimum absolute atomic E-state index is 0.0550. The summed E-state index contributed by atoms with van der Waals surface area (Å²) in [6.07, 6.45) is 2.35. The molecule has 0 saturated heterocycles. The second-order valence-electron chi connectivity index (χ2n) is 3.68. The lowest BCUT2D eigenvalue weighted by Crippen LogP contribution is -2.22. The van der Waals surface area contributed by atoms with Crippen LogP contribution < -0.4 is 5.56 Å². The number of nitrogens with zero attached hydrogens (tertiary/aromatic N) is 1. The van der Waals surface area contributed by atoms with E-state index in [2.05, 4.69) is 4.98 Å². The number of aromatic amines is 1. The molecular formula is C10H12N2O2S3. The smallest absolute Gasteiger partial charge is 0.272 e. The van der Waals surface area contributed by atoms with Gasteiger partial charge in [0.05, 0.1) is 5.52 Å². The van der Waals surface area contributed by atoms with Gasteiger partial charge in [-0.25, -0.2) is 0 Å². The first kappa shape index (κ1) is 12.7. The molecule has 0 fully saturated rings. The summed E-state index contributed by atoms with van der Waals surface area (Å²) in [7, 11) is -0.829. The first-order chi connectivity index (χ1) is 8.09. The fourth-order valence-corrected chi connectivity index (χ4v) is 3.22. The van der Waals surface area contributed by atoms with Crippen LogP contribution in [0, 0.1) is 4.77 Å². The van der Waals surface area contributed by atoms with Crippen LogP contribution in [0.4, 0.5) is 0 Å². The zero-order valence-corrected chi connectivity index (χ0v) is 11.7. The van der Waals surface area contributed by atoms with Gasteiger partial charge in [0.2, 0.25) is 0 Å². The molecule has 1 atom stereocenters. The van der Waals surface area contributed by atoms with Crippen molar-refractivity contribution >= 4 is 44.6 Å². The van der Waals surface area contributed by atoms with E-state index in [9.17, 15) is 9.00 Å². The van der Waals surface area contributed by atoms with Gasteiger partial charge in [-0.1, -0.05) is 0 Å². The molecule has 1 N–H and O–H groups in total. The maximum absolute atomic E-state index is 12.1. The molecule has 0 aliphatic rings. The van der Waals surface area contributed by atoms with E-state index in [1.54, 1.807) is 10.8 Å². The molecule has 0 amide bonds. The first-order valence-electron chi connectivity index (χ1n) is 5.10. The molecule has 0 saturated carbocycles. The van der Waals surface area contributed by atoms with E-state index >= 15 is 0 Å². The summed E-state index contributed by atoms with van der Waals surface area (Å²) in [6, 6.07) is 1.85. The van der Waals surface area contributed by atoms with Gasteiger partial charge in [0.25, 0.3) is 5.56 Å². The summed E-state index contributed by atoms with van der Waals surface area (Å²) in [6.45, 7) is 0.515. The standard InChI is InChI=1S/C10H12N2O2S3/c1-17(14)6-2-4-12-9(13)8-7(3-5-16-8)11-10(12)15/h3,5H,2,4,6H2,1H3,(H,11,15). The summed E-state index contributed by atoms with van der Waals surface area (Å²) in [4.78, 5) is 15.1. The number of H-pyrrole nitrogens is 1. The summed E-state index contributed by atoms with van der Waals surface area (Å²) < 4.78 is 13.6. The summed E-state index contributed by atoms with van der Waals surface area (Å²) >= 11 is 6.55. The second kappa shape index (κ2) is 5.24. The lowest BCUT2D eigenvalue weighted by Gasteiger charge is -2.05. The number of rotatable bonds is 4. The van der Waals surface area contributed by atoms with Gasteiger partial charge in [-0.2, -0.15) is 0 Å². The van der Waals surface area contributed by atoms with Crippen LogP contribution in [0.2, 0.25) is 0 Å². The van der Waals surface area contributed by atoms with E-state index in [1.807, 2.05) is 11.4 Å². The Bertz CT molecular complexity index is 668. The summed E-state index contributed by atoms with van der Waals surface area (Å²) in [5.74, 6) is 0.587. The lowest BCUT2D eigenvalue weighted by molar-refractivity contribution is 0.634. The number of nitrogens with one attached hydrogen (secondary N) is 1. The lowest BCUT2D eigenvalue weighted by atomic mass is 10.4. The SMILES string of the molecule is CS(=O)CCCn1c(=S)[nH]c2ccsc2c1=O. The Hall–Kier alpha value is -0.790. The monoisotopic (exact) mass is 288 g/mol. The van der Waals surface area contributed by atoms with Crippen molar-refractivity contribution in [3.8, 4) is 0 Å². The van der Waals surface area contributed by atoms with Crippen molar-refractivity contribution in [3.63, 3.8) is 0 Å². The van der Waals surface area contributed by atoms with Crippen molar-refractivity contribution in [2.45, 2.75) is 13.0 Å². The minimum atomic E-state index is -0.829.